The van der Waals surface area contributed by atoms with Crippen LogP contribution in [0, 0.1) is 5.82 Å². The van der Waals surface area contributed by atoms with Gasteiger partial charge in [0, 0.05) is 6.20 Å². The summed E-state index contributed by atoms with van der Waals surface area (Å²) in [7, 11) is 0. The molecule has 19 heavy (non-hydrogen) atoms. The molecule has 3 rings (SSSR count). The highest BCUT2D eigenvalue weighted by molar-refractivity contribution is 6.34. The van der Waals surface area contributed by atoms with Gasteiger partial charge in [0.15, 0.2) is 0 Å². The largest absolute Gasteiger partial charge is 0.284 e. The van der Waals surface area contributed by atoms with Gasteiger partial charge in [-0.3, -0.25) is 19.8 Å². The van der Waals surface area contributed by atoms with Crippen LogP contribution in [0.4, 0.5) is 10.1 Å². The first-order chi connectivity index (χ1) is 9.08. The molecule has 1 aliphatic rings. The molecule has 1 N–H and O–H groups in total. The summed E-state index contributed by atoms with van der Waals surface area (Å²) in [5.41, 5.74) is 3.76. The van der Waals surface area contributed by atoms with E-state index in [4.69, 9.17) is 11.6 Å². The molecule has 0 bridgehead atoms. The van der Waals surface area contributed by atoms with Crippen molar-refractivity contribution in [3.8, 4) is 0 Å². The Balaban J connectivity index is 2.08. The number of benzene rings is 1. The van der Waals surface area contributed by atoms with E-state index in [0.717, 1.165) is 0 Å². The second kappa shape index (κ2) is 4.13. The van der Waals surface area contributed by atoms with Crippen LogP contribution >= 0.6 is 11.6 Å². The molecule has 0 aliphatic carbocycles. The zero-order chi connectivity index (χ0) is 13.6. The second-order valence-electron chi connectivity index (χ2n) is 4.06. The Hall–Kier alpha value is -2.27. The number of amides is 1. The van der Waals surface area contributed by atoms with Crippen LogP contribution in [0.5, 0.6) is 0 Å². The first-order valence-electron chi connectivity index (χ1n) is 5.51. The smallest absolute Gasteiger partial charge is 0.279 e. The van der Waals surface area contributed by atoms with Crippen LogP contribution in [0.25, 0.3) is 0 Å². The standard InChI is InChI=1S/C13H9ClFN3O/c1-8-16-17-7-6-11(14)12(17)13(19)18(8)10-4-2-9(15)3-5-10/h2-7,16H,1H2. The van der Waals surface area contributed by atoms with Crippen molar-refractivity contribution in [2.75, 3.05) is 10.3 Å². The molecule has 0 saturated heterocycles. The highest BCUT2D eigenvalue weighted by Crippen LogP contribution is 2.28. The summed E-state index contributed by atoms with van der Waals surface area (Å²) >= 11 is 5.98. The van der Waals surface area contributed by atoms with Crippen LogP contribution in [-0.4, -0.2) is 10.6 Å². The number of hydrogen-bond donors (Lipinski definition) is 1. The number of carbonyl (C=O) groups is 1. The van der Waals surface area contributed by atoms with Gasteiger partial charge in [0.05, 0.1) is 10.7 Å². The third-order valence-corrected chi connectivity index (χ3v) is 3.15. The van der Waals surface area contributed by atoms with Gasteiger partial charge in [-0.05, 0) is 30.3 Å². The minimum atomic E-state index is -0.367. The highest BCUT2D eigenvalue weighted by atomic mass is 35.5. The fraction of sp³-hybridized carbons (Fsp3) is 0. The maximum atomic E-state index is 12.9. The SMILES string of the molecule is C=C1Nn2ccc(Cl)c2C(=O)N1c1ccc(F)cc1. The van der Waals surface area contributed by atoms with Crippen LogP contribution in [0.1, 0.15) is 10.5 Å². The Morgan fingerprint density at radius 2 is 1.89 bits per heavy atom. The van der Waals surface area contributed by atoms with Crippen molar-refractivity contribution in [3.05, 3.63) is 65.5 Å². The van der Waals surface area contributed by atoms with Crippen LogP contribution in [0.2, 0.25) is 5.02 Å². The van der Waals surface area contributed by atoms with E-state index in [1.807, 2.05) is 0 Å². The molecule has 2 aromatic rings. The van der Waals surface area contributed by atoms with Crippen LogP contribution < -0.4 is 10.3 Å². The average molecular weight is 278 g/mol. The van der Waals surface area contributed by atoms with E-state index in [-0.39, 0.29) is 11.7 Å². The van der Waals surface area contributed by atoms with Crippen molar-refractivity contribution in [1.82, 2.24) is 4.68 Å². The zero-order valence-electron chi connectivity index (χ0n) is 9.73. The molecule has 0 unspecified atom stereocenters. The van der Waals surface area contributed by atoms with E-state index < -0.39 is 0 Å². The maximum Gasteiger partial charge on any atom is 0.284 e. The van der Waals surface area contributed by atoms with E-state index in [9.17, 15) is 9.18 Å². The van der Waals surface area contributed by atoms with E-state index in [1.165, 1.54) is 33.8 Å². The lowest BCUT2D eigenvalue weighted by atomic mass is 10.2. The summed E-state index contributed by atoms with van der Waals surface area (Å²) in [6, 6.07) is 7.19. The Morgan fingerprint density at radius 3 is 2.58 bits per heavy atom. The molecule has 1 aliphatic heterocycles. The molecule has 0 atom stereocenters. The third kappa shape index (κ3) is 1.79. The van der Waals surface area contributed by atoms with E-state index in [2.05, 4.69) is 12.0 Å². The molecule has 0 saturated carbocycles. The first kappa shape index (κ1) is 11.8. The van der Waals surface area contributed by atoms with Crippen molar-refractivity contribution >= 4 is 23.2 Å². The third-order valence-electron chi connectivity index (χ3n) is 2.85. The lowest BCUT2D eigenvalue weighted by Gasteiger charge is -2.31. The average Bonchev–Trinajstić information content (AvgIpc) is 2.73. The summed E-state index contributed by atoms with van der Waals surface area (Å²) < 4.78 is 14.4. The van der Waals surface area contributed by atoms with Crippen molar-refractivity contribution in [2.24, 2.45) is 0 Å². The summed E-state index contributed by atoms with van der Waals surface area (Å²) in [4.78, 5) is 13.8. The van der Waals surface area contributed by atoms with Crippen LogP contribution in [0.15, 0.2) is 48.9 Å². The van der Waals surface area contributed by atoms with Gasteiger partial charge in [0.25, 0.3) is 5.91 Å². The lowest BCUT2D eigenvalue weighted by molar-refractivity contribution is 0.0981. The number of nitrogens with zero attached hydrogens (tertiary/aromatic N) is 2. The molecular formula is C13H9ClFN3O. The fourth-order valence-corrected chi connectivity index (χ4v) is 2.22. The molecule has 1 amide bonds. The molecule has 6 heteroatoms. The summed E-state index contributed by atoms with van der Waals surface area (Å²) in [6.07, 6.45) is 1.64. The topological polar surface area (TPSA) is 37.3 Å². The molecule has 0 radical (unpaired) electrons. The number of rotatable bonds is 1. The summed E-state index contributed by atoms with van der Waals surface area (Å²) in [6.45, 7) is 3.79. The molecule has 1 aromatic heterocycles. The van der Waals surface area contributed by atoms with E-state index in [0.29, 0.717) is 22.2 Å². The zero-order valence-corrected chi connectivity index (χ0v) is 10.5. The minimum Gasteiger partial charge on any atom is -0.279 e. The van der Waals surface area contributed by atoms with Gasteiger partial charge in [0.2, 0.25) is 0 Å². The van der Waals surface area contributed by atoms with Gasteiger partial charge in [-0.2, -0.15) is 0 Å². The van der Waals surface area contributed by atoms with Gasteiger partial charge < -0.3 is 0 Å². The Morgan fingerprint density at radius 1 is 1.21 bits per heavy atom. The van der Waals surface area contributed by atoms with Crippen molar-refractivity contribution in [3.63, 3.8) is 0 Å². The number of fused-ring (bicyclic) bond motifs is 1. The Bertz CT molecular complexity index is 678. The lowest BCUT2D eigenvalue weighted by Crippen LogP contribution is -2.42. The predicted molar refractivity (Wildman–Crippen MR) is 71.2 cm³/mol. The Labute approximate surface area is 113 Å². The number of anilines is 1. The van der Waals surface area contributed by atoms with Crippen LogP contribution in [0.3, 0.4) is 0 Å². The Kier molecular flexibility index (Phi) is 2.57. The molecule has 1 aromatic carbocycles. The van der Waals surface area contributed by atoms with E-state index >= 15 is 0 Å². The fourth-order valence-electron chi connectivity index (χ4n) is 1.99. The van der Waals surface area contributed by atoms with Gasteiger partial charge in [-0.1, -0.05) is 18.2 Å². The first-order valence-corrected chi connectivity index (χ1v) is 5.88. The van der Waals surface area contributed by atoms with Crippen molar-refractivity contribution < 1.29 is 9.18 Å². The van der Waals surface area contributed by atoms with Gasteiger partial charge >= 0.3 is 0 Å². The number of nitrogens with one attached hydrogen (secondary N) is 1. The molecule has 0 spiro atoms. The molecular weight excluding hydrogens is 269 g/mol. The van der Waals surface area contributed by atoms with Gasteiger partial charge in [-0.15, -0.1) is 0 Å². The molecule has 4 nitrogen and oxygen atoms in total. The minimum absolute atomic E-state index is 0.314. The molecule has 96 valence electrons. The monoisotopic (exact) mass is 277 g/mol. The normalized spacial score (nSPS) is 14.3. The molecule has 2 heterocycles. The highest BCUT2D eigenvalue weighted by Gasteiger charge is 2.30. The number of hydrogen-bond acceptors (Lipinski definition) is 2. The quantitative estimate of drug-likeness (QED) is 0.870. The number of halogens is 2. The number of carbonyl (C=O) groups excluding carboxylic acids is 1. The summed E-state index contributed by atoms with van der Waals surface area (Å²) in [5, 5.41) is 0.345. The predicted octanol–water partition coefficient (Wildman–Crippen LogP) is 2.96. The summed E-state index contributed by atoms with van der Waals surface area (Å²) in [5.74, 6) is -0.310. The molecule has 0 fully saturated rings. The number of aromatic nitrogens is 1. The van der Waals surface area contributed by atoms with Crippen molar-refractivity contribution in [1.29, 1.82) is 0 Å². The van der Waals surface area contributed by atoms with Crippen molar-refractivity contribution in [2.45, 2.75) is 0 Å². The van der Waals surface area contributed by atoms with Crippen LogP contribution in [-0.2, 0) is 0 Å². The second-order valence-corrected chi connectivity index (χ2v) is 4.46. The van der Waals surface area contributed by atoms with E-state index in [1.54, 1.807) is 12.3 Å². The maximum absolute atomic E-state index is 12.9. The van der Waals surface area contributed by atoms with Gasteiger partial charge in [0.1, 0.15) is 17.3 Å². The van der Waals surface area contributed by atoms with Gasteiger partial charge in [-0.25, -0.2) is 4.39 Å².